The van der Waals surface area contributed by atoms with Gasteiger partial charge in [-0.2, -0.15) is 0 Å². The highest BCUT2D eigenvalue weighted by Crippen LogP contribution is 2.00. The van der Waals surface area contributed by atoms with Crippen LogP contribution >= 0.6 is 0 Å². The third-order valence-corrected chi connectivity index (χ3v) is 3.17. The number of amides is 1. The zero-order valence-electron chi connectivity index (χ0n) is 10.2. The molecule has 3 N–H and O–H groups in total. The van der Waals surface area contributed by atoms with E-state index in [0.29, 0.717) is 6.54 Å². The first-order valence-corrected chi connectivity index (χ1v) is 6.08. The van der Waals surface area contributed by atoms with Gasteiger partial charge in [0.05, 0.1) is 0 Å². The number of hydrogen-bond donors (Lipinski definition) is 3. The Bertz CT molecular complexity index is 349. The Balaban J connectivity index is 1.73. The Morgan fingerprint density at radius 2 is 2.53 bits per heavy atom. The van der Waals surface area contributed by atoms with E-state index < -0.39 is 0 Å². The van der Waals surface area contributed by atoms with Crippen LogP contribution < -0.4 is 10.6 Å². The number of aromatic nitrogens is 1. The van der Waals surface area contributed by atoms with Gasteiger partial charge in [-0.15, -0.1) is 0 Å². The summed E-state index contributed by atoms with van der Waals surface area (Å²) in [6, 6.07) is 3.96. The average Bonchev–Trinajstić information content (AvgIpc) is 2.82. The number of aromatic amines is 1. The van der Waals surface area contributed by atoms with Crippen LogP contribution in [0.1, 0.15) is 5.69 Å². The fourth-order valence-electron chi connectivity index (χ4n) is 2.06. The van der Waals surface area contributed by atoms with Crippen molar-refractivity contribution in [1.29, 1.82) is 0 Å². The van der Waals surface area contributed by atoms with Gasteiger partial charge in [0.2, 0.25) is 5.91 Å². The van der Waals surface area contributed by atoms with Gasteiger partial charge < -0.3 is 15.6 Å². The smallest absolute Gasteiger partial charge is 0.238 e. The van der Waals surface area contributed by atoms with Crippen molar-refractivity contribution in [2.75, 3.05) is 33.2 Å². The number of rotatable bonds is 4. The summed E-state index contributed by atoms with van der Waals surface area (Å²) in [5.41, 5.74) is 1.15. The molecule has 5 heteroatoms. The molecular formula is C12H20N4O. The minimum Gasteiger partial charge on any atom is -0.365 e. The predicted octanol–water partition coefficient (Wildman–Crippen LogP) is -0.423. The quantitative estimate of drug-likeness (QED) is 0.665. The Labute approximate surface area is 102 Å². The highest BCUT2D eigenvalue weighted by atomic mass is 16.2. The van der Waals surface area contributed by atoms with E-state index in [-0.39, 0.29) is 11.9 Å². The van der Waals surface area contributed by atoms with Crippen molar-refractivity contribution in [2.45, 2.75) is 12.5 Å². The Morgan fingerprint density at radius 1 is 1.65 bits per heavy atom. The van der Waals surface area contributed by atoms with Gasteiger partial charge in [-0.3, -0.25) is 9.69 Å². The number of nitrogens with one attached hydrogen (secondary N) is 3. The minimum atomic E-state index is -0.0348. The minimum absolute atomic E-state index is 0.0348. The molecule has 1 aromatic heterocycles. The summed E-state index contributed by atoms with van der Waals surface area (Å²) in [4.78, 5) is 17.2. The van der Waals surface area contributed by atoms with Crippen molar-refractivity contribution >= 4 is 5.91 Å². The van der Waals surface area contributed by atoms with Gasteiger partial charge in [0, 0.05) is 44.5 Å². The van der Waals surface area contributed by atoms with E-state index in [2.05, 4.69) is 20.5 Å². The standard InChI is InChI=1S/C12H20N4O/c1-16-8-7-13-9-11(16)12(17)15-6-4-10-3-2-5-14-10/h2-3,5,11,13-14H,4,6-9H2,1H3,(H,15,17). The van der Waals surface area contributed by atoms with Crippen molar-refractivity contribution in [3.05, 3.63) is 24.0 Å². The largest absolute Gasteiger partial charge is 0.365 e. The van der Waals surface area contributed by atoms with E-state index in [4.69, 9.17) is 0 Å². The number of likely N-dealkylation sites (N-methyl/N-ethyl adjacent to an activating group) is 1. The third-order valence-electron chi connectivity index (χ3n) is 3.17. The number of H-pyrrole nitrogens is 1. The Morgan fingerprint density at radius 3 is 3.24 bits per heavy atom. The molecule has 0 bridgehead atoms. The van der Waals surface area contributed by atoms with Gasteiger partial charge >= 0.3 is 0 Å². The number of carbonyl (C=O) groups is 1. The number of hydrogen-bond acceptors (Lipinski definition) is 3. The molecule has 2 rings (SSSR count). The summed E-state index contributed by atoms with van der Waals surface area (Å²) in [6.45, 7) is 3.31. The summed E-state index contributed by atoms with van der Waals surface area (Å²) in [7, 11) is 2.00. The summed E-state index contributed by atoms with van der Waals surface area (Å²) in [5, 5.41) is 6.22. The average molecular weight is 236 g/mol. The first-order chi connectivity index (χ1) is 8.27. The number of nitrogens with zero attached hydrogens (tertiary/aromatic N) is 1. The summed E-state index contributed by atoms with van der Waals surface area (Å²) in [5.74, 6) is 0.117. The molecule has 0 spiro atoms. The second-order valence-electron chi connectivity index (χ2n) is 4.44. The third kappa shape index (κ3) is 3.31. The highest BCUT2D eigenvalue weighted by Gasteiger charge is 2.24. The molecule has 0 radical (unpaired) electrons. The maximum Gasteiger partial charge on any atom is 0.238 e. The van der Waals surface area contributed by atoms with Crippen molar-refractivity contribution in [3.8, 4) is 0 Å². The lowest BCUT2D eigenvalue weighted by atomic mass is 10.2. The molecule has 0 aromatic carbocycles. The van der Waals surface area contributed by atoms with Crippen molar-refractivity contribution in [3.63, 3.8) is 0 Å². The first kappa shape index (κ1) is 12.1. The second-order valence-corrected chi connectivity index (χ2v) is 4.44. The van der Waals surface area contributed by atoms with Crippen LogP contribution in [0.15, 0.2) is 18.3 Å². The lowest BCUT2D eigenvalue weighted by Crippen LogP contribution is -2.56. The second kappa shape index (κ2) is 5.84. The van der Waals surface area contributed by atoms with Gasteiger partial charge in [-0.1, -0.05) is 0 Å². The fraction of sp³-hybridized carbons (Fsp3) is 0.583. The van der Waals surface area contributed by atoms with Crippen molar-refractivity contribution in [1.82, 2.24) is 20.5 Å². The molecule has 17 heavy (non-hydrogen) atoms. The molecule has 1 aliphatic rings. The van der Waals surface area contributed by atoms with Gasteiger partial charge in [-0.05, 0) is 19.2 Å². The Kier molecular flexibility index (Phi) is 4.17. The van der Waals surface area contributed by atoms with Crippen LogP contribution in [0, 0.1) is 0 Å². The van der Waals surface area contributed by atoms with Gasteiger partial charge in [-0.25, -0.2) is 0 Å². The van der Waals surface area contributed by atoms with Crippen LogP contribution in [-0.4, -0.2) is 55.1 Å². The Hall–Kier alpha value is -1.33. The van der Waals surface area contributed by atoms with E-state index in [1.807, 2.05) is 25.4 Å². The number of piperazine rings is 1. The zero-order chi connectivity index (χ0) is 12.1. The molecule has 1 unspecified atom stereocenters. The van der Waals surface area contributed by atoms with E-state index in [9.17, 15) is 4.79 Å². The maximum absolute atomic E-state index is 11.9. The van der Waals surface area contributed by atoms with E-state index in [1.54, 1.807) is 0 Å². The molecule has 0 aliphatic carbocycles. The maximum atomic E-state index is 11.9. The first-order valence-electron chi connectivity index (χ1n) is 6.08. The summed E-state index contributed by atoms with van der Waals surface area (Å²) in [6.07, 6.45) is 2.75. The van der Waals surface area contributed by atoms with E-state index >= 15 is 0 Å². The van der Waals surface area contributed by atoms with Crippen LogP contribution in [0.4, 0.5) is 0 Å². The van der Waals surface area contributed by atoms with Crippen molar-refractivity contribution < 1.29 is 4.79 Å². The van der Waals surface area contributed by atoms with Crippen molar-refractivity contribution in [2.24, 2.45) is 0 Å². The molecule has 5 nitrogen and oxygen atoms in total. The molecule has 1 saturated heterocycles. The van der Waals surface area contributed by atoms with Crippen LogP contribution in [0.2, 0.25) is 0 Å². The van der Waals surface area contributed by atoms with Gasteiger partial charge in [0.15, 0.2) is 0 Å². The molecule has 2 heterocycles. The lowest BCUT2D eigenvalue weighted by molar-refractivity contribution is -0.126. The monoisotopic (exact) mass is 236 g/mol. The van der Waals surface area contributed by atoms with Crippen LogP contribution in [0.25, 0.3) is 0 Å². The SMILES string of the molecule is CN1CCNCC1C(=O)NCCc1ccc[nH]1. The molecule has 94 valence electrons. The molecular weight excluding hydrogens is 216 g/mol. The number of carbonyl (C=O) groups excluding carboxylic acids is 1. The molecule has 1 aliphatic heterocycles. The van der Waals surface area contributed by atoms with Gasteiger partial charge in [0.1, 0.15) is 6.04 Å². The van der Waals surface area contributed by atoms with E-state index in [0.717, 1.165) is 31.7 Å². The van der Waals surface area contributed by atoms with Gasteiger partial charge in [0.25, 0.3) is 0 Å². The lowest BCUT2D eigenvalue weighted by Gasteiger charge is -2.31. The summed E-state index contributed by atoms with van der Waals surface area (Å²) >= 11 is 0. The van der Waals surface area contributed by atoms with Crippen LogP contribution in [0.3, 0.4) is 0 Å². The molecule has 1 fully saturated rings. The topological polar surface area (TPSA) is 60.2 Å². The molecule has 1 atom stereocenters. The predicted molar refractivity (Wildman–Crippen MR) is 66.8 cm³/mol. The molecule has 1 amide bonds. The zero-order valence-corrected chi connectivity index (χ0v) is 10.2. The molecule has 0 saturated carbocycles. The molecule has 1 aromatic rings. The fourth-order valence-corrected chi connectivity index (χ4v) is 2.06. The highest BCUT2D eigenvalue weighted by molar-refractivity contribution is 5.82. The van der Waals surface area contributed by atoms with E-state index in [1.165, 1.54) is 0 Å². The normalized spacial score (nSPS) is 21.4. The van der Waals surface area contributed by atoms with Crippen LogP contribution in [-0.2, 0) is 11.2 Å². The van der Waals surface area contributed by atoms with Crippen LogP contribution in [0.5, 0.6) is 0 Å². The summed E-state index contributed by atoms with van der Waals surface area (Å²) < 4.78 is 0.